The summed E-state index contributed by atoms with van der Waals surface area (Å²) in [6.45, 7) is 6.53. The summed E-state index contributed by atoms with van der Waals surface area (Å²) in [6.07, 6.45) is 6.12. The molecule has 14 heavy (non-hydrogen) atoms. The van der Waals surface area contributed by atoms with Crippen molar-refractivity contribution in [2.45, 2.75) is 39.2 Å². The van der Waals surface area contributed by atoms with Gasteiger partial charge < -0.3 is 9.84 Å². The fourth-order valence-electron chi connectivity index (χ4n) is 1.11. The number of aliphatic hydroxyl groups is 1. The third kappa shape index (κ3) is 7.76. The molecule has 0 saturated carbocycles. The van der Waals surface area contributed by atoms with E-state index in [0.717, 1.165) is 12.8 Å². The Balaban J connectivity index is 3.80. The first kappa shape index (κ1) is 14.4. The van der Waals surface area contributed by atoms with Gasteiger partial charge in [0.25, 0.3) is 0 Å². The number of halogens is 1. The first-order valence-electron chi connectivity index (χ1n) is 5.00. The Morgan fingerprint density at radius 1 is 1.50 bits per heavy atom. The highest BCUT2D eigenvalue weighted by Gasteiger charge is 2.12. The maximum atomic E-state index is 8.73. The van der Waals surface area contributed by atoms with Crippen molar-refractivity contribution >= 4 is 22.6 Å². The normalized spacial score (nSPS) is 14.9. The van der Waals surface area contributed by atoms with Crippen molar-refractivity contribution in [1.29, 1.82) is 0 Å². The van der Waals surface area contributed by atoms with Gasteiger partial charge in [0.2, 0.25) is 0 Å². The smallest absolute Gasteiger partial charge is 0.0990 e. The summed E-state index contributed by atoms with van der Waals surface area (Å²) in [6, 6.07) is 0. The van der Waals surface area contributed by atoms with Gasteiger partial charge in [-0.15, -0.1) is 0 Å². The van der Waals surface area contributed by atoms with E-state index in [9.17, 15) is 0 Å². The highest BCUT2D eigenvalue weighted by atomic mass is 127. The van der Waals surface area contributed by atoms with Gasteiger partial charge in [0.15, 0.2) is 0 Å². The number of hydrogen-bond acceptors (Lipinski definition) is 2. The monoisotopic (exact) mass is 312 g/mol. The lowest BCUT2D eigenvalue weighted by Crippen LogP contribution is -2.20. The summed E-state index contributed by atoms with van der Waals surface area (Å²) in [5.74, 6) is 0.548. The Bertz CT molecular complexity index is 167. The van der Waals surface area contributed by atoms with Gasteiger partial charge in [-0.05, 0) is 32.6 Å². The van der Waals surface area contributed by atoms with Gasteiger partial charge in [0.05, 0.1) is 10.2 Å². The van der Waals surface area contributed by atoms with Crippen LogP contribution >= 0.6 is 22.6 Å². The third-order valence-corrected chi connectivity index (χ3v) is 2.42. The van der Waals surface area contributed by atoms with Gasteiger partial charge >= 0.3 is 0 Å². The van der Waals surface area contributed by atoms with Crippen molar-refractivity contribution < 1.29 is 9.84 Å². The fraction of sp³-hybridized carbons (Fsp3) is 0.818. The van der Waals surface area contributed by atoms with Crippen LogP contribution in [0.5, 0.6) is 0 Å². The minimum Gasteiger partial charge on any atom is -0.396 e. The van der Waals surface area contributed by atoms with Crippen LogP contribution in [0.4, 0.5) is 0 Å². The van der Waals surface area contributed by atoms with Crippen LogP contribution in [0.25, 0.3) is 0 Å². The molecular formula is C11H21IO2. The number of aliphatic hydroxyl groups excluding tert-OH is 1. The molecule has 84 valence electrons. The largest absolute Gasteiger partial charge is 0.396 e. The van der Waals surface area contributed by atoms with Crippen molar-refractivity contribution in [3.8, 4) is 0 Å². The first-order valence-corrected chi connectivity index (χ1v) is 6.53. The molecule has 0 rings (SSSR count). The first-order chi connectivity index (χ1) is 6.52. The van der Waals surface area contributed by atoms with Crippen molar-refractivity contribution in [2.75, 3.05) is 11.2 Å². The molecule has 0 heterocycles. The van der Waals surface area contributed by atoms with Crippen LogP contribution in [-0.2, 0) is 4.74 Å². The second kappa shape index (κ2) is 7.65. The predicted molar refractivity (Wildman–Crippen MR) is 68.7 cm³/mol. The van der Waals surface area contributed by atoms with Gasteiger partial charge in [0, 0.05) is 6.61 Å². The molecule has 0 spiro atoms. The SMILES string of the molecule is CC(CC=CC(C)(C)OCI)CCO. The second-order valence-corrected chi connectivity index (χ2v) is 4.74. The van der Waals surface area contributed by atoms with E-state index in [4.69, 9.17) is 9.84 Å². The second-order valence-electron chi connectivity index (χ2n) is 4.11. The molecular weight excluding hydrogens is 291 g/mol. The number of hydrogen-bond donors (Lipinski definition) is 1. The summed E-state index contributed by atoms with van der Waals surface area (Å²) >= 11 is 2.20. The van der Waals surface area contributed by atoms with Gasteiger partial charge in [-0.25, -0.2) is 0 Å². The van der Waals surface area contributed by atoms with Crippen LogP contribution in [0.3, 0.4) is 0 Å². The molecule has 0 radical (unpaired) electrons. The Morgan fingerprint density at radius 3 is 2.64 bits per heavy atom. The number of alkyl halides is 1. The minimum atomic E-state index is -0.167. The standard InChI is InChI=1S/C11H21IO2/c1-10(6-8-13)5-4-7-11(2,3)14-9-12/h4,7,10,13H,5-6,8-9H2,1-3H3. The summed E-state index contributed by atoms with van der Waals surface area (Å²) in [5, 5.41) is 8.73. The zero-order chi connectivity index (χ0) is 11.0. The molecule has 0 saturated heterocycles. The molecule has 0 bridgehead atoms. The van der Waals surface area contributed by atoms with Gasteiger partial charge in [-0.2, -0.15) is 0 Å². The van der Waals surface area contributed by atoms with Crippen LogP contribution in [0.15, 0.2) is 12.2 Å². The van der Waals surface area contributed by atoms with Crippen LogP contribution in [0.2, 0.25) is 0 Å². The molecule has 2 nitrogen and oxygen atoms in total. The molecule has 1 N–H and O–H groups in total. The molecule has 1 unspecified atom stereocenters. The fourth-order valence-corrected chi connectivity index (χ4v) is 1.91. The van der Waals surface area contributed by atoms with Crippen LogP contribution in [-0.4, -0.2) is 21.9 Å². The van der Waals surface area contributed by atoms with Gasteiger partial charge in [0.1, 0.15) is 0 Å². The van der Waals surface area contributed by atoms with E-state index in [2.05, 4.69) is 55.5 Å². The molecule has 0 aliphatic heterocycles. The van der Waals surface area contributed by atoms with Crippen molar-refractivity contribution in [2.24, 2.45) is 5.92 Å². The third-order valence-electron chi connectivity index (χ3n) is 2.11. The molecule has 0 aliphatic carbocycles. The van der Waals surface area contributed by atoms with E-state index in [-0.39, 0.29) is 12.2 Å². The van der Waals surface area contributed by atoms with Gasteiger partial charge in [-0.3, -0.25) is 0 Å². The summed E-state index contributed by atoms with van der Waals surface area (Å²) in [7, 11) is 0. The minimum absolute atomic E-state index is 0.167. The molecule has 1 atom stereocenters. The van der Waals surface area contributed by atoms with Crippen molar-refractivity contribution in [3.63, 3.8) is 0 Å². The molecule has 0 amide bonds. The average Bonchev–Trinajstić information content (AvgIpc) is 2.03. The Hall–Kier alpha value is 0.390. The van der Waals surface area contributed by atoms with E-state index in [0.29, 0.717) is 10.5 Å². The highest BCUT2D eigenvalue weighted by Crippen LogP contribution is 2.14. The maximum Gasteiger partial charge on any atom is 0.0990 e. The summed E-state index contributed by atoms with van der Waals surface area (Å²) < 4.78 is 6.23. The maximum absolute atomic E-state index is 8.73. The molecule has 3 heteroatoms. The quantitative estimate of drug-likeness (QED) is 0.444. The number of ether oxygens (including phenoxy) is 1. The van der Waals surface area contributed by atoms with Crippen LogP contribution in [0, 0.1) is 5.92 Å². The number of allylic oxidation sites excluding steroid dienone is 1. The Kier molecular flexibility index (Phi) is 7.86. The molecule has 0 aromatic carbocycles. The van der Waals surface area contributed by atoms with E-state index in [1.165, 1.54) is 0 Å². The lowest BCUT2D eigenvalue weighted by atomic mass is 10.0. The topological polar surface area (TPSA) is 29.5 Å². The number of rotatable bonds is 7. The Labute approximate surface area is 101 Å². The van der Waals surface area contributed by atoms with E-state index in [1.807, 2.05) is 0 Å². The van der Waals surface area contributed by atoms with Crippen molar-refractivity contribution in [3.05, 3.63) is 12.2 Å². The van der Waals surface area contributed by atoms with E-state index in [1.54, 1.807) is 0 Å². The average molecular weight is 312 g/mol. The van der Waals surface area contributed by atoms with E-state index >= 15 is 0 Å². The predicted octanol–water partition coefficient (Wildman–Crippen LogP) is 3.14. The zero-order valence-corrected chi connectivity index (χ0v) is 11.5. The van der Waals surface area contributed by atoms with Gasteiger partial charge in [-0.1, -0.05) is 41.7 Å². The molecule has 0 aromatic rings. The molecule has 0 fully saturated rings. The summed E-state index contributed by atoms with van der Waals surface area (Å²) in [4.78, 5) is 0. The lowest BCUT2D eigenvalue weighted by Gasteiger charge is -2.19. The Morgan fingerprint density at radius 2 is 2.14 bits per heavy atom. The molecule has 0 aromatic heterocycles. The zero-order valence-electron chi connectivity index (χ0n) is 9.29. The summed E-state index contributed by atoms with van der Waals surface area (Å²) in [5.41, 5.74) is -0.167. The van der Waals surface area contributed by atoms with Crippen LogP contribution < -0.4 is 0 Å². The van der Waals surface area contributed by atoms with Crippen molar-refractivity contribution in [1.82, 2.24) is 0 Å². The van der Waals surface area contributed by atoms with Crippen LogP contribution in [0.1, 0.15) is 33.6 Å². The molecule has 0 aliphatic rings. The lowest BCUT2D eigenvalue weighted by molar-refractivity contribution is 0.0595. The van der Waals surface area contributed by atoms with E-state index < -0.39 is 0 Å². The highest BCUT2D eigenvalue weighted by molar-refractivity contribution is 14.1.